The number of likely N-dealkylation sites (tertiary alicyclic amines) is 2. The van der Waals surface area contributed by atoms with Crippen LogP contribution in [0.2, 0.25) is 0 Å². The fourth-order valence-corrected chi connectivity index (χ4v) is 3.92. The molecule has 2 amide bonds. The van der Waals surface area contributed by atoms with Crippen LogP contribution in [0.5, 0.6) is 5.75 Å². The molecule has 0 aliphatic carbocycles. The number of hydrogen-bond donors (Lipinski definition) is 2. The highest BCUT2D eigenvalue weighted by Gasteiger charge is 2.34. The van der Waals surface area contributed by atoms with E-state index in [-0.39, 0.29) is 12.1 Å². The van der Waals surface area contributed by atoms with Gasteiger partial charge in [0.15, 0.2) is 0 Å². The molecule has 6 heteroatoms. The lowest BCUT2D eigenvalue weighted by atomic mass is 9.83. The first-order chi connectivity index (χ1) is 12.5. The first-order valence-electron chi connectivity index (χ1n) is 9.44. The molecule has 2 heterocycles. The van der Waals surface area contributed by atoms with Gasteiger partial charge in [-0.2, -0.15) is 5.26 Å². The molecule has 0 bridgehead atoms. The van der Waals surface area contributed by atoms with Crippen molar-refractivity contribution in [3.05, 3.63) is 29.8 Å². The molecule has 2 aliphatic heterocycles. The van der Waals surface area contributed by atoms with Crippen LogP contribution in [-0.2, 0) is 6.54 Å². The molecule has 6 nitrogen and oxygen atoms in total. The van der Waals surface area contributed by atoms with Crippen LogP contribution in [0.4, 0.5) is 4.79 Å². The summed E-state index contributed by atoms with van der Waals surface area (Å²) in [5.74, 6) is 0.301. The molecule has 2 saturated heterocycles. The predicted octanol–water partition coefficient (Wildman–Crippen LogP) is 2.69. The van der Waals surface area contributed by atoms with E-state index in [0.717, 1.165) is 57.4 Å². The van der Waals surface area contributed by atoms with Gasteiger partial charge in [-0.3, -0.25) is 4.90 Å². The van der Waals surface area contributed by atoms with E-state index in [1.165, 1.54) is 0 Å². The van der Waals surface area contributed by atoms with Crippen LogP contribution in [0.15, 0.2) is 24.3 Å². The molecule has 0 saturated carbocycles. The summed E-state index contributed by atoms with van der Waals surface area (Å²) in [6.45, 7) is 5.87. The van der Waals surface area contributed by atoms with Crippen molar-refractivity contribution in [1.82, 2.24) is 15.1 Å². The summed E-state index contributed by atoms with van der Waals surface area (Å²) in [6.07, 6.45) is 3.60. The smallest absolute Gasteiger partial charge is 0.317 e. The van der Waals surface area contributed by atoms with Gasteiger partial charge in [0, 0.05) is 38.8 Å². The quantitative estimate of drug-likeness (QED) is 0.873. The third-order valence-electron chi connectivity index (χ3n) is 5.49. The number of carbonyl (C=O) groups excluding carboxylic acids is 1. The monoisotopic (exact) mass is 356 g/mol. The molecule has 1 atom stereocenters. The number of carbonyl (C=O) groups is 1. The van der Waals surface area contributed by atoms with E-state index in [2.05, 4.69) is 16.3 Å². The summed E-state index contributed by atoms with van der Waals surface area (Å²) >= 11 is 0. The summed E-state index contributed by atoms with van der Waals surface area (Å²) < 4.78 is 0. The van der Waals surface area contributed by atoms with Gasteiger partial charge in [-0.15, -0.1) is 0 Å². The van der Waals surface area contributed by atoms with E-state index in [1.54, 1.807) is 17.0 Å². The zero-order valence-electron chi connectivity index (χ0n) is 15.4. The maximum absolute atomic E-state index is 12.5. The molecule has 2 aliphatic rings. The lowest BCUT2D eigenvalue weighted by Gasteiger charge is -2.38. The Labute approximate surface area is 155 Å². The Hall–Kier alpha value is -2.26. The zero-order chi connectivity index (χ0) is 18.6. The third kappa shape index (κ3) is 4.67. The fraction of sp³-hybridized carbons (Fsp3) is 0.600. The summed E-state index contributed by atoms with van der Waals surface area (Å²) in [5, 5.41) is 22.0. The molecule has 1 aromatic carbocycles. The number of nitriles is 1. The summed E-state index contributed by atoms with van der Waals surface area (Å²) in [7, 11) is 0. The van der Waals surface area contributed by atoms with E-state index < -0.39 is 5.41 Å². The SMILES string of the molecule is C[C@@]1(C#N)CCCN(C(=O)NC2CCN(Cc3cccc(O)c3)CC2)C1. The van der Waals surface area contributed by atoms with Gasteiger partial charge in [0.2, 0.25) is 0 Å². The number of hydrogen-bond acceptors (Lipinski definition) is 4. The van der Waals surface area contributed by atoms with Crippen LogP contribution in [0, 0.1) is 16.7 Å². The standard InChI is InChI=1S/C20H28N4O2/c1-20(14-21)8-3-9-24(15-20)19(26)22-17-6-10-23(11-7-17)13-16-4-2-5-18(25)12-16/h2,4-5,12,17,25H,3,6-11,13,15H2,1H3,(H,22,26)/t20-/m0/s1. The fourth-order valence-electron chi connectivity index (χ4n) is 3.92. The van der Waals surface area contributed by atoms with Gasteiger partial charge in [0.05, 0.1) is 11.5 Å². The number of urea groups is 1. The van der Waals surface area contributed by atoms with Crippen LogP contribution in [-0.4, -0.2) is 53.2 Å². The van der Waals surface area contributed by atoms with Gasteiger partial charge in [-0.05, 0) is 50.3 Å². The largest absolute Gasteiger partial charge is 0.508 e. The first-order valence-corrected chi connectivity index (χ1v) is 9.44. The van der Waals surface area contributed by atoms with E-state index in [9.17, 15) is 15.2 Å². The molecule has 1 aromatic rings. The van der Waals surface area contributed by atoms with Gasteiger partial charge < -0.3 is 15.3 Å². The van der Waals surface area contributed by atoms with Gasteiger partial charge >= 0.3 is 6.03 Å². The number of nitrogens with zero attached hydrogens (tertiary/aromatic N) is 3. The van der Waals surface area contributed by atoms with Crippen molar-refractivity contribution in [3.63, 3.8) is 0 Å². The molecular weight excluding hydrogens is 328 g/mol. The average Bonchev–Trinajstić information content (AvgIpc) is 2.63. The minimum Gasteiger partial charge on any atom is -0.508 e. The summed E-state index contributed by atoms with van der Waals surface area (Å²) in [5.41, 5.74) is 0.691. The number of phenolic OH excluding ortho intramolecular Hbond substituents is 1. The van der Waals surface area contributed by atoms with Gasteiger partial charge in [-0.25, -0.2) is 4.79 Å². The van der Waals surface area contributed by atoms with E-state index >= 15 is 0 Å². The van der Waals surface area contributed by atoms with E-state index in [1.807, 2.05) is 19.1 Å². The zero-order valence-corrected chi connectivity index (χ0v) is 15.4. The van der Waals surface area contributed by atoms with Crippen molar-refractivity contribution in [3.8, 4) is 11.8 Å². The average molecular weight is 356 g/mol. The maximum atomic E-state index is 12.5. The molecule has 0 spiro atoms. The molecule has 2 fully saturated rings. The second-order valence-electron chi connectivity index (χ2n) is 7.87. The van der Waals surface area contributed by atoms with Crippen molar-refractivity contribution in [2.24, 2.45) is 5.41 Å². The number of piperidine rings is 2. The van der Waals surface area contributed by atoms with Crippen molar-refractivity contribution in [2.75, 3.05) is 26.2 Å². The Morgan fingerprint density at radius 2 is 2.15 bits per heavy atom. The molecule has 140 valence electrons. The topological polar surface area (TPSA) is 79.6 Å². The molecule has 26 heavy (non-hydrogen) atoms. The predicted molar refractivity (Wildman–Crippen MR) is 99.5 cm³/mol. The van der Waals surface area contributed by atoms with Crippen LogP contribution in [0.3, 0.4) is 0 Å². The highest BCUT2D eigenvalue weighted by atomic mass is 16.3. The van der Waals surface area contributed by atoms with Crippen molar-refractivity contribution >= 4 is 6.03 Å². The maximum Gasteiger partial charge on any atom is 0.317 e. The molecular formula is C20H28N4O2. The summed E-state index contributed by atoms with van der Waals surface area (Å²) in [6, 6.07) is 9.89. The van der Waals surface area contributed by atoms with Crippen molar-refractivity contribution < 1.29 is 9.90 Å². The highest BCUT2D eigenvalue weighted by Crippen LogP contribution is 2.28. The number of phenols is 1. The Morgan fingerprint density at radius 1 is 1.38 bits per heavy atom. The molecule has 0 radical (unpaired) electrons. The number of amides is 2. The van der Waals surface area contributed by atoms with Gasteiger partial charge in [0.1, 0.15) is 5.75 Å². The van der Waals surface area contributed by atoms with Crippen LogP contribution in [0.25, 0.3) is 0 Å². The minimum absolute atomic E-state index is 0.0300. The van der Waals surface area contributed by atoms with Crippen LogP contribution >= 0.6 is 0 Å². The van der Waals surface area contributed by atoms with Gasteiger partial charge in [-0.1, -0.05) is 12.1 Å². The van der Waals surface area contributed by atoms with Crippen molar-refractivity contribution in [2.45, 2.75) is 45.2 Å². The highest BCUT2D eigenvalue weighted by molar-refractivity contribution is 5.74. The number of rotatable bonds is 3. The normalized spacial score (nSPS) is 24.8. The minimum atomic E-state index is -0.416. The Kier molecular flexibility index (Phi) is 5.67. The van der Waals surface area contributed by atoms with Crippen molar-refractivity contribution in [1.29, 1.82) is 5.26 Å². The lowest BCUT2D eigenvalue weighted by Crippen LogP contribution is -2.52. The lowest BCUT2D eigenvalue weighted by molar-refractivity contribution is 0.136. The Balaban J connectivity index is 1.45. The summed E-state index contributed by atoms with van der Waals surface area (Å²) in [4.78, 5) is 16.7. The van der Waals surface area contributed by atoms with E-state index in [0.29, 0.717) is 12.3 Å². The number of nitrogens with one attached hydrogen (secondary N) is 1. The second kappa shape index (κ2) is 7.96. The molecule has 0 unspecified atom stereocenters. The molecule has 3 rings (SSSR count). The molecule has 2 N–H and O–H groups in total. The first kappa shape index (κ1) is 18.5. The van der Waals surface area contributed by atoms with Gasteiger partial charge in [0.25, 0.3) is 0 Å². The van der Waals surface area contributed by atoms with Crippen LogP contribution < -0.4 is 5.32 Å². The number of aromatic hydroxyl groups is 1. The number of benzene rings is 1. The Morgan fingerprint density at radius 3 is 2.85 bits per heavy atom. The third-order valence-corrected chi connectivity index (χ3v) is 5.49. The Bertz CT molecular complexity index is 679. The molecule has 0 aromatic heterocycles. The van der Waals surface area contributed by atoms with Crippen LogP contribution in [0.1, 0.15) is 38.2 Å². The second-order valence-corrected chi connectivity index (χ2v) is 7.87. The van der Waals surface area contributed by atoms with E-state index in [4.69, 9.17) is 0 Å².